The molecule has 2 atom stereocenters. The Bertz CT molecular complexity index is 1190. The van der Waals surface area contributed by atoms with Crippen molar-refractivity contribution in [3.05, 3.63) is 75.9 Å². The van der Waals surface area contributed by atoms with Crippen LogP contribution in [0.4, 0.5) is 11.4 Å². The summed E-state index contributed by atoms with van der Waals surface area (Å²) in [4.78, 5) is 61.7. The molecular formula is C24H20N2O8. The van der Waals surface area contributed by atoms with E-state index in [1.807, 2.05) is 12.2 Å². The van der Waals surface area contributed by atoms with Crippen molar-refractivity contribution in [3.63, 3.8) is 0 Å². The Labute approximate surface area is 193 Å². The summed E-state index contributed by atoms with van der Waals surface area (Å²) in [6, 6.07) is 9.45. The number of hydrogen-bond donors (Lipinski definition) is 0. The number of rotatable bonds is 7. The molecule has 2 aromatic carbocycles. The minimum atomic E-state index is -0.792. The van der Waals surface area contributed by atoms with Crippen molar-refractivity contribution in [2.24, 2.45) is 11.8 Å². The Morgan fingerprint density at radius 1 is 1.00 bits per heavy atom. The zero-order valence-electron chi connectivity index (χ0n) is 18.1. The van der Waals surface area contributed by atoms with Gasteiger partial charge >= 0.3 is 11.7 Å². The van der Waals surface area contributed by atoms with Gasteiger partial charge < -0.3 is 9.47 Å². The normalized spacial score (nSPS) is 19.0. The van der Waals surface area contributed by atoms with Crippen molar-refractivity contribution in [2.75, 3.05) is 18.6 Å². The maximum absolute atomic E-state index is 12.7. The number of Topliss-reactive ketones (excluding diaryl/α,β-unsaturated/α-hetero) is 1. The average molecular weight is 464 g/mol. The van der Waals surface area contributed by atoms with Crippen molar-refractivity contribution in [1.29, 1.82) is 0 Å². The third-order valence-corrected chi connectivity index (χ3v) is 5.90. The minimum Gasteiger partial charge on any atom is -0.490 e. The Balaban J connectivity index is 1.40. The first-order valence-electron chi connectivity index (χ1n) is 10.5. The molecule has 0 saturated carbocycles. The highest BCUT2D eigenvalue weighted by Crippen LogP contribution is 2.37. The molecule has 1 aliphatic carbocycles. The number of imide groups is 1. The number of esters is 1. The van der Waals surface area contributed by atoms with Crippen molar-refractivity contribution in [3.8, 4) is 5.75 Å². The number of ether oxygens (including phenoxy) is 2. The lowest BCUT2D eigenvalue weighted by Gasteiger charge is -2.15. The molecule has 0 unspecified atom stereocenters. The summed E-state index contributed by atoms with van der Waals surface area (Å²) in [6.07, 6.45) is 4.86. The van der Waals surface area contributed by atoms with Gasteiger partial charge in [-0.15, -0.1) is 0 Å². The molecule has 174 valence electrons. The number of nitro groups is 1. The number of allylic oxidation sites excluding steroid dienone is 2. The predicted octanol–water partition coefficient (Wildman–Crippen LogP) is 3.10. The van der Waals surface area contributed by atoms with Crippen LogP contribution in [0.2, 0.25) is 0 Å². The number of benzene rings is 2. The number of hydrogen-bond acceptors (Lipinski definition) is 8. The maximum atomic E-state index is 12.7. The largest absolute Gasteiger partial charge is 0.490 e. The van der Waals surface area contributed by atoms with Crippen LogP contribution in [0.25, 0.3) is 0 Å². The Morgan fingerprint density at radius 2 is 1.59 bits per heavy atom. The van der Waals surface area contributed by atoms with Crippen LogP contribution in [-0.4, -0.2) is 42.2 Å². The second-order valence-corrected chi connectivity index (χ2v) is 7.86. The number of nitrogens with zero attached hydrogens (tertiary/aromatic N) is 2. The highest BCUT2D eigenvalue weighted by Gasteiger charge is 2.47. The number of carbonyl (C=O) groups excluding carboxylic acids is 4. The Morgan fingerprint density at radius 3 is 2.15 bits per heavy atom. The number of carbonyl (C=O) groups is 4. The van der Waals surface area contributed by atoms with Crippen LogP contribution in [0, 0.1) is 22.0 Å². The second kappa shape index (κ2) is 9.26. The van der Waals surface area contributed by atoms with Gasteiger partial charge in [0.2, 0.25) is 17.6 Å². The van der Waals surface area contributed by atoms with Crippen LogP contribution in [0.15, 0.2) is 54.6 Å². The summed E-state index contributed by atoms with van der Waals surface area (Å²) < 4.78 is 9.94. The topological polar surface area (TPSA) is 133 Å². The minimum absolute atomic E-state index is 0.00216. The number of anilines is 1. The molecule has 4 rings (SSSR count). The highest BCUT2D eigenvalue weighted by molar-refractivity contribution is 6.22. The summed E-state index contributed by atoms with van der Waals surface area (Å²) in [7, 11) is 1.27. The van der Waals surface area contributed by atoms with Crippen LogP contribution in [0.3, 0.4) is 0 Å². The van der Waals surface area contributed by atoms with Gasteiger partial charge in [0.25, 0.3) is 0 Å². The molecular weight excluding hydrogens is 444 g/mol. The number of amides is 2. The third-order valence-electron chi connectivity index (χ3n) is 5.90. The van der Waals surface area contributed by atoms with E-state index in [1.54, 1.807) is 0 Å². The van der Waals surface area contributed by atoms with Crippen LogP contribution < -0.4 is 9.64 Å². The van der Waals surface area contributed by atoms with Gasteiger partial charge in [-0.2, -0.15) is 0 Å². The fraction of sp³-hybridized carbons (Fsp3) is 0.250. The fourth-order valence-corrected chi connectivity index (χ4v) is 4.11. The molecule has 1 fully saturated rings. The molecule has 10 heteroatoms. The van der Waals surface area contributed by atoms with E-state index >= 15 is 0 Å². The average Bonchev–Trinajstić information content (AvgIpc) is 3.11. The molecule has 34 heavy (non-hydrogen) atoms. The number of methoxy groups -OCH3 is 1. The molecule has 2 amide bonds. The van der Waals surface area contributed by atoms with Crippen molar-refractivity contribution < 1.29 is 33.6 Å². The molecule has 0 aromatic heterocycles. The van der Waals surface area contributed by atoms with Gasteiger partial charge in [0.1, 0.15) is 0 Å². The van der Waals surface area contributed by atoms with Crippen molar-refractivity contribution in [1.82, 2.24) is 0 Å². The lowest BCUT2D eigenvalue weighted by molar-refractivity contribution is -0.385. The van der Waals surface area contributed by atoms with E-state index in [0.29, 0.717) is 18.5 Å². The Hall–Kier alpha value is -4.34. The fourth-order valence-electron chi connectivity index (χ4n) is 4.11. The number of nitro benzene ring substituents is 1. The van der Waals surface area contributed by atoms with Crippen molar-refractivity contribution in [2.45, 2.75) is 12.8 Å². The lowest BCUT2D eigenvalue weighted by Crippen LogP contribution is -2.30. The molecule has 0 radical (unpaired) electrons. The molecule has 0 bridgehead atoms. The molecule has 1 saturated heterocycles. The molecule has 2 aliphatic rings. The molecule has 10 nitrogen and oxygen atoms in total. The van der Waals surface area contributed by atoms with E-state index in [-0.39, 0.29) is 46.2 Å². The predicted molar refractivity (Wildman–Crippen MR) is 119 cm³/mol. The number of fused-ring (bicyclic) bond motifs is 1. The summed E-state index contributed by atoms with van der Waals surface area (Å²) >= 11 is 0. The molecule has 0 spiro atoms. The van der Waals surface area contributed by atoms with E-state index in [2.05, 4.69) is 0 Å². The van der Waals surface area contributed by atoms with Crippen LogP contribution >= 0.6 is 0 Å². The van der Waals surface area contributed by atoms with Gasteiger partial charge in [-0.05, 0) is 49.2 Å². The van der Waals surface area contributed by atoms with Gasteiger partial charge in [-0.3, -0.25) is 29.4 Å². The van der Waals surface area contributed by atoms with Crippen LogP contribution in [-0.2, 0) is 14.3 Å². The van der Waals surface area contributed by atoms with Gasteiger partial charge in [0.15, 0.2) is 12.4 Å². The lowest BCUT2D eigenvalue weighted by atomic mass is 9.85. The molecule has 1 aliphatic heterocycles. The van der Waals surface area contributed by atoms with E-state index in [4.69, 9.17) is 9.47 Å². The molecule has 2 aromatic rings. The number of ketones is 1. The van der Waals surface area contributed by atoms with Gasteiger partial charge in [0, 0.05) is 11.6 Å². The highest BCUT2D eigenvalue weighted by atomic mass is 16.6. The summed E-state index contributed by atoms with van der Waals surface area (Å²) in [6.45, 7) is -0.622. The molecule has 1 heterocycles. The van der Waals surface area contributed by atoms with E-state index in [1.165, 1.54) is 43.5 Å². The smallest absolute Gasteiger partial charge is 0.338 e. The van der Waals surface area contributed by atoms with E-state index in [0.717, 1.165) is 11.0 Å². The van der Waals surface area contributed by atoms with Gasteiger partial charge in [-0.1, -0.05) is 12.2 Å². The zero-order valence-corrected chi connectivity index (χ0v) is 18.1. The standard InChI is InChI=1S/C24H20N2O8/c1-33-21-11-8-15(12-19(21)26(31)32)20(27)13-34-24(30)14-6-9-16(10-7-14)25-22(28)17-4-2-3-5-18(17)23(25)29/h2-3,6-12,17-18H,4-5,13H2,1H3/t17-,18-/m0/s1. The van der Waals surface area contributed by atoms with Gasteiger partial charge in [0.05, 0.1) is 35.1 Å². The van der Waals surface area contributed by atoms with E-state index < -0.39 is 23.3 Å². The van der Waals surface area contributed by atoms with Crippen LogP contribution in [0.1, 0.15) is 33.6 Å². The Kier molecular flexibility index (Phi) is 6.22. The van der Waals surface area contributed by atoms with Crippen LogP contribution in [0.5, 0.6) is 5.75 Å². The quantitative estimate of drug-likeness (QED) is 0.152. The first kappa shape index (κ1) is 22.8. The third kappa shape index (κ3) is 4.17. The van der Waals surface area contributed by atoms with E-state index in [9.17, 15) is 29.3 Å². The summed E-state index contributed by atoms with van der Waals surface area (Å²) in [5.74, 6) is -2.64. The first-order chi connectivity index (χ1) is 16.3. The van der Waals surface area contributed by atoms with Crippen molar-refractivity contribution >= 4 is 34.9 Å². The first-order valence-corrected chi connectivity index (χ1v) is 10.5. The second-order valence-electron chi connectivity index (χ2n) is 7.86. The summed E-state index contributed by atoms with van der Waals surface area (Å²) in [5, 5.41) is 11.1. The van der Waals surface area contributed by atoms with Gasteiger partial charge in [-0.25, -0.2) is 4.79 Å². The monoisotopic (exact) mass is 464 g/mol. The SMILES string of the molecule is COc1ccc(C(=O)COC(=O)c2ccc(N3C(=O)[C@H]4CC=CC[C@@H]4C3=O)cc2)cc1[N+](=O)[O-]. The summed E-state index contributed by atoms with van der Waals surface area (Å²) in [5.41, 5.74) is 0.104. The zero-order chi connectivity index (χ0) is 24.4. The molecule has 0 N–H and O–H groups in total. The maximum Gasteiger partial charge on any atom is 0.338 e.